The molecule has 0 saturated heterocycles. The van der Waals surface area contributed by atoms with Crippen LogP contribution in [0.15, 0.2) is 59.8 Å². The van der Waals surface area contributed by atoms with Gasteiger partial charge in [-0.05, 0) is 42.5 Å². The molecule has 0 spiro atoms. The Bertz CT molecular complexity index is 1050. The van der Waals surface area contributed by atoms with E-state index in [0.717, 1.165) is 17.0 Å². The highest BCUT2D eigenvalue weighted by Crippen LogP contribution is 2.25. The van der Waals surface area contributed by atoms with Crippen LogP contribution in [0.5, 0.6) is 5.75 Å². The van der Waals surface area contributed by atoms with Gasteiger partial charge in [-0.3, -0.25) is 4.79 Å². The van der Waals surface area contributed by atoms with Gasteiger partial charge in [0.25, 0.3) is 5.91 Å². The van der Waals surface area contributed by atoms with Crippen LogP contribution in [-0.2, 0) is 4.79 Å². The largest absolute Gasteiger partial charge is 0.497 e. The summed E-state index contributed by atoms with van der Waals surface area (Å²) < 4.78 is 6.88. The second-order valence-corrected chi connectivity index (χ2v) is 6.15. The topological polar surface area (TPSA) is 92.3 Å². The van der Waals surface area contributed by atoms with Crippen molar-refractivity contribution in [3.8, 4) is 28.8 Å². The minimum atomic E-state index is -0.480. The lowest BCUT2D eigenvalue weighted by Gasteiger charge is -2.03. The lowest BCUT2D eigenvalue weighted by Crippen LogP contribution is -2.16. The first kappa shape index (κ1) is 19.1. The lowest BCUT2D eigenvalue weighted by molar-refractivity contribution is -0.120. The summed E-state index contributed by atoms with van der Waals surface area (Å²) in [6.07, 6.45) is 3.01. The lowest BCUT2D eigenvalue weighted by atomic mass is 10.1. The summed E-state index contributed by atoms with van der Waals surface area (Å²) in [5, 5.41) is 17.7. The van der Waals surface area contributed by atoms with E-state index in [2.05, 4.69) is 15.6 Å². The fourth-order valence-electron chi connectivity index (χ4n) is 2.49. The third-order valence-corrected chi connectivity index (χ3v) is 4.05. The van der Waals surface area contributed by atoms with Crippen molar-refractivity contribution in [1.29, 1.82) is 5.26 Å². The molecule has 0 atom stereocenters. The average Bonchev–Trinajstić information content (AvgIpc) is 3.12. The van der Waals surface area contributed by atoms with Crippen molar-refractivity contribution in [1.82, 2.24) is 15.2 Å². The molecule has 0 aliphatic rings. The zero-order valence-electron chi connectivity index (χ0n) is 15.0. The van der Waals surface area contributed by atoms with Crippen LogP contribution in [0, 0.1) is 11.3 Å². The molecule has 0 unspecified atom stereocenters. The fraction of sp³-hybridized carbons (Fsp3) is 0.100. The van der Waals surface area contributed by atoms with Gasteiger partial charge >= 0.3 is 0 Å². The molecule has 0 aliphatic heterocycles. The van der Waals surface area contributed by atoms with Gasteiger partial charge in [-0.25, -0.2) is 10.1 Å². The zero-order chi connectivity index (χ0) is 19.9. The third-order valence-electron chi connectivity index (χ3n) is 3.81. The number of hydrogen-bond acceptors (Lipinski definition) is 5. The molecular weight excluding hydrogens is 378 g/mol. The van der Waals surface area contributed by atoms with Gasteiger partial charge in [0.1, 0.15) is 17.9 Å². The summed E-state index contributed by atoms with van der Waals surface area (Å²) in [6, 6.07) is 16.5. The minimum absolute atomic E-state index is 0.259. The second-order valence-electron chi connectivity index (χ2n) is 5.71. The Morgan fingerprint density at radius 3 is 2.82 bits per heavy atom. The average molecular weight is 394 g/mol. The third kappa shape index (κ3) is 4.55. The van der Waals surface area contributed by atoms with Crippen molar-refractivity contribution >= 4 is 23.7 Å². The first-order chi connectivity index (χ1) is 13.6. The molecule has 1 aromatic heterocycles. The highest BCUT2D eigenvalue weighted by Gasteiger charge is 2.12. The van der Waals surface area contributed by atoms with Crippen LogP contribution in [0.25, 0.3) is 16.9 Å². The first-order valence-corrected chi connectivity index (χ1v) is 8.67. The van der Waals surface area contributed by atoms with Crippen LogP contribution in [0.4, 0.5) is 0 Å². The molecule has 1 amide bonds. The predicted octanol–water partition coefficient (Wildman–Crippen LogP) is 3.57. The summed E-state index contributed by atoms with van der Waals surface area (Å²) >= 11 is 6.08. The number of halogens is 1. The molecule has 140 valence electrons. The summed E-state index contributed by atoms with van der Waals surface area (Å²) in [4.78, 5) is 11.4. The SMILES string of the molecule is COc1ccc(-c2nn(-c3cccc(Cl)c3)cc2/C=N/NC(=O)CC#N)cc1. The standard InChI is InChI=1S/C20H16ClN5O2/c1-28-18-7-5-14(6-8-18)20-15(12-23-24-19(27)9-10-22)13-26(25-20)17-4-2-3-16(21)11-17/h2-8,11-13H,9H2,1H3,(H,24,27)/b23-12+. The van der Waals surface area contributed by atoms with Crippen molar-refractivity contribution in [2.45, 2.75) is 6.42 Å². The van der Waals surface area contributed by atoms with Gasteiger partial charge in [0.05, 0.1) is 25.1 Å². The number of hydrazone groups is 1. The van der Waals surface area contributed by atoms with E-state index in [-0.39, 0.29) is 6.42 Å². The van der Waals surface area contributed by atoms with E-state index >= 15 is 0 Å². The number of benzene rings is 2. The molecule has 3 rings (SSSR count). The summed E-state index contributed by atoms with van der Waals surface area (Å²) in [7, 11) is 1.60. The number of nitrogens with one attached hydrogen (secondary N) is 1. The maximum absolute atomic E-state index is 11.4. The Hall–Kier alpha value is -3.63. The number of aromatic nitrogens is 2. The van der Waals surface area contributed by atoms with Crippen LogP contribution in [0.3, 0.4) is 0 Å². The molecule has 0 fully saturated rings. The number of nitrogens with zero attached hydrogens (tertiary/aromatic N) is 4. The van der Waals surface area contributed by atoms with Crippen molar-refractivity contribution in [2.24, 2.45) is 5.10 Å². The molecule has 2 aromatic carbocycles. The number of methoxy groups -OCH3 is 1. The Kier molecular flexibility index (Phi) is 6.04. The Morgan fingerprint density at radius 1 is 1.36 bits per heavy atom. The maximum atomic E-state index is 11.4. The smallest absolute Gasteiger partial charge is 0.254 e. The van der Waals surface area contributed by atoms with Gasteiger partial charge in [-0.1, -0.05) is 17.7 Å². The fourth-order valence-corrected chi connectivity index (χ4v) is 2.68. The van der Waals surface area contributed by atoms with Gasteiger partial charge in [0, 0.05) is 22.3 Å². The van der Waals surface area contributed by atoms with Crippen LogP contribution < -0.4 is 10.2 Å². The predicted molar refractivity (Wildman–Crippen MR) is 107 cm³/mol. The number of carbonyl (C=O) groups excluding carboxylic acids is 1. The molecule has 0 radical (unpaired) electrons. The van der Waals surface area contributed by atoms with Gasteiger partial charge < -0.3 is 4.74 Å². The van der Waals surface area contributed by atoms with Crippen LogP contribution in [-0.4, -0.2) is 29.0 Å². The number of amides is 1. The summed E-state index contributed by atoms with van der Waals surface area (Å²) in [5.74, 6) is 0.254. The van der Waals surface area contributed by atoms with E-state index < -0.39 is 5.91 Å². The van der Waals surface area contributed by atoms with Gasteiger partial charge in [0.15, 0.2) is 0 Å². The number of carbonyl (C=O) groups is 1. The summed E-state index contributed by atoms with van der Waals surface area (Å²) in [5.41, 5.74) is 5.31. The monoisotopic (exact) mass is 393 g/mol. The quantitative estimate of drug-likeness (QED) is 0.512. The van der Waals surface area contributed by atoms with Crippen LogP contribution >= 0.6 is 11.6 Å². The molecule has 0 saturated carbocycles. The Balaban J connectivity index is 1.98. The van der Waals surface area contributed by atoms with E-state index in [0.29, 0.717) is 16.3 Å². The van der Waals surface area contributed by atoms with E-state index in [9.17, 15) is 4.79 Å². The van der Waals surface area contributed by atoms with E-state index in [1.807, 2.05) is 36.4 Å². The number of rotatable bonds is 6. The molecule has 8 heteroatoms. The number of ether oxygens (including phenoxy) is 1. The molecule has 1 N–H and O–H groups in total. The highest BCUT2D eigenvalue weighted by atomic mass is 35.5. The van der Waals surface area contributed by atoms with Crippen molar-refractivity contribution in [2.75, 3.05) is 7.11 Å². The number of nitriles is 1. The molecule has 7 nitrogen and oxygen atoms in total. The number of hydrogen-bond donors (Lipinski definition) is 1. The normalized spacial score (nSPS) is 10.6. The van der Waals surface area contributed by atoms with Gasteiger partial charge in [-0.2, -0.15) is 15.5 Å². The molecular formula is C20H16ClN5O2. The van der Waals surface area contributed by atoms with E-state index in [4.69, 9.17) is 21.6 Å². The van der Waals surface area contributed by atoms with Gasteiger partial charge in [-0.15, -0.1) is 0 Å². The van der Waals surface area contributed by atoms with Gasteiger partial charge in [0.2, 0.25) is 0 Å². The van der Waals surface area contributed by atoms with Crippen molar-refractivity contribution < 1.29 is 9.53 Å². The van der Waals surface area contributed by atoms with Crippen molar-refractivity contribution in [3.63, 3.8) is 0 Å². The van der Waals surface area contributed by atoms with Crippen molar-refractivity contribution in [3.05, 3.63) is 65.3 Å². The Labute approximate surface area is 166 Å². The molecule has 1 heterocycles. The first-order valence-electron chi connectivity index (χ1n) is 8.29. The molecule has 28 heavy (non-hydrogen) atoms. The van der Waals surface area contributed by atoms with Crippen LogP contribution in [0.2, 0.25) is 5.02 Å². The Morgan fingerprint density at radius 2 is 2.14 bits per heavy atom. The minimum Gasteiger partial charge on any atom is -0.497 e. The second kappa shape index (κ2) is 8.84. The maximum Gasteiger partial charge on any atom is 0.254 e. The summed E-state index contributed by atoms with van der Waals surface area (Å²) in [6.45, 7) is 0. The van der Waals surface area contributed by atoms with E-state index in [1.54, 1.807) is 36.2 Å². The molecule has 0 bridgehead atoms. The molecule has 0 aliphatic carbocycles. The zero-order valence-corrected chi connectivity index (χ0v) is 15.7. The molecule has 3 aromatic rings. The van der Waals surface area contributed by atoms with Crippen LogP contribution in [0.1, 0.15) is 12.0 Å². The highest BCUT2D eigenvalue weighted by molar-refractivity contribution is 6.30. The van der Waals surface area contributed by atoms with E-state index in [1.165, 1.54) is 6.21 Å².